The number of amides is 1. The summed E-state index contributed by atoms with van der Waals surface area (Å²) in [7, 11) is 1.25. The van der Waals surface area contributed by atoms with E-state index in [0.717, 1.165) is 10.9 Å². The predicted octanol–water partition coefficient (Wildman–Crippen LogP) is 2.85. The molecule has 1 heterocycles. The third kappa shape index (κ3) is 5.52. The Kier molecular flexibility index (Phi) is 6.89. The average Bonchev–Trinajstić information content (AvgIpc) is 2.91. The number of carbonyl (C=O) groups is 3. The van der Waals surface area contributed by atoms with Gasteiger partial charge in [0.25, 0.3) is 5.91 Å². The van der Waals surface area contributed by atoms with E-state index in [1.165, 1.54) is 36.6 Å². The predicted molar refractivity (Wildman–Crippen MR) is 96.6 cm³/mol. The Bertz CT molecular complexity index is 864. The first-order chi connectivity index (χ1) is 12.8. The summed E-state index contributed by atoms with van der Waals surface area (Å²) in [4.78, 5) is 36.4. The molecule has 9 heteroatoms. The van der Waals surface area contributed by atoms with Crippen molar-refractivity contribution in [2.24, 2.45) is 0 Å². The van der Waals surface area contributed by atoms with Gasteiger partial charge in [-0.15, -0.1) is 11.3 Å². The minimum absolute atomic E-state index is 0.170. The third-order valence-corrected chi connectivity index (χ3v) is 4.67. The maximum Gasteiger partial charge on any atom is 0.344 e. The van der Waals surface area contributed by atoms with Gasteiger partial charge in [0.2, 0.25) is 0 Å². The molecule has 1 aromatic carbocycles. The van der Waals surface area contributed by atoms with E-state index in [-0.39, 0.29) is 11.3 Å². The summed E-state index contributed by atoms with van der Waals surface area (Å²) in [5.74, 6) is -2.29. The van der Waals surface area contributed by atoms with Crippen LogP contribution in [-0.2, 0) is 19.1 Å². The molecule has 0 aliphatic carbocycles. The Morgan fingerprint density at radius 3 is 2.59 bits per heavy atom. The van der Waals surface area contributed by atoms with Crippen LogP contribution in [-0.4, -0.2) is 38.2 Å². The van der Waals surface area contributed by atoms with Crippen molar-refractivity contribution in [3.05, 3.63) is 46.1 Å². The van der Waals surface area contributed by atoms with Crippen molar-refractivity contribution in [3.8, 4) is 5.75 Å². The molecular formula is C18H18FNO6S. The molecule has 2 aromatic rings. The second-order valence-electron chi connectivity index (χ2n) is 5.43. The van der Waals surface area contributed by atoms with Crippen LogP contribution in [0.1, 0.15) is 20.8 Å². The van der Waals surface area contributed by atoms with E-state index in [2.05, 4.69) is 5.32 Å². The topological polar surface area (TPSA) is 90.9 Å². The zero-order chi connectivity index (χ0) is 20.0. The van der Waals surface area contributed by atoms with Crippen molar-refractivity contribution in [3.63, 3.8) is 0 Å². The van der Waals surface area contributed by atoms with Crippen molar-refractivity contribution in [2.75, 3.05) is 25.6 Å². The monoisotopic (exact) mass is 395 g/mol. The lowest BCUT2D eigenvalue weighted by atomic mass is 10.1. The van der Waals surface area contributed by atoms with Gasteiger partial charge in [-0.2, -0.15) is 0 Å². The van der Waals surface area contributed by atoms with Gasteiger partial charge in [-0.1, -0.05) is 6.07 Å². The minimum atomic E-state index is -0.791. The number of methoxy groups -OCH3 is 1. The van der Waals surface area contributed by atoms with Crippen LogP contribution in [0.15, 0.2) is 24.3 Å². The van der Waals surface area contributed by atoms with Crippen LogP contribution in [0.3, 0.4) is 0 Å². The number of benzene rings is 1. The highest BCUT2D eigenvalue weighted by molar-refractivity contribution is 7.16. The molecular weight excluding hydrogens is 377 g/mol. The van der Waals surface area contributed by atoms with Crippen LogP contribution in [0, 0.1) is 19.7 Å². The van der Waals surface area contributed by atoms with Gasteiger partial charge in [-0.25, -0.2) is 14.0 Å². The van der Waals surface area contributed by atoms with Gasteiger partial charge in [0.05, 0.1) is 12.7 Å². The first-order valence-electron chi connectivity index (χ1n) is 7.84. The van der Waals surface area contributed by atoms with Crippen molar-refractivity contribution in [1.29, 1.82) is 0 Å². The Morgan fingerprint density at radius 1 is 1.19 bits per heavy atom. The van der Waals surface area contributed by atoms with Gasteiger partial charge in [0, 0.05) is 10.9 Å². The lowest BCUT2D eigenvalue weighted by Gasteiger charge is -2.08. The molecule has 0 fully saturated rings. The smallest absolute Gasteiger partial charge is 0.344 e. The van der Waals surface area contributed by atoms with Crippen molar-refractivity contribution in [1.82, 2.24) is 0 Å². The van der Waals surface area contributed by atoms with E-state index in [9.17, 15) is 18.8 Å². The first kappa shape index (κ1) is 20.4. The maximum atomic E-state index is 13.0. The second kappa shape index (κ2) is 9.13. The molecule has 0 bridgehead atoms. The summed E-state index contributed by atoms with van der Waals surface area (Å²) < 4.78 is 27.6. The maximum absolute atomic E-state index is 13.0. The molecule has 0 aliphatic rings. The third-order valence-electron chi connectivity index (χ3n) is 3.54. The fourth-order valence-electron chi connectivity index (χ4n) is 2.11. The standard InChI is InChI=1S/C18H18FNO6S/c1-10-11(2)27-17(16(10)18(23)24-3)20-14(21)8-26-15(22)9-25-13-6-4-5-12(19)7-13/h4-7H,8-9H2,1-3H3,(H,20,21). The first-order valence-corrected chi connectivity index (χ1v) is 8.65. The number of nitrogens with one attached hydrogen (secondary N) is 1. The quantitative estimate of drug-likeness (QED) is 0.725. The zero-order valence-corrected chi connectivity index (χ0v) is 15.8. The van der Waals surface area contributed by atoms with E-state index in [1.807, 2.05) is 6.92 Å². The van der Waals surface area contributed by atoms with Gasteiger partial charge in [0.15, 0.2) is 13.2 Å². The van der Waals surface area contributed by atoms with Gasteiger partial charge in [0.1, 0.15) is 16.6 Å². The SMILES string of the molecule is COC(=O)c1c(NC(=O)COC(=O)COc2cccc(F)c2)sc(C)c1C. The van der Waals surface area contributed by atoms with Crippen LogP contribution in [0.25, 0.3) is 0 Å². The molecule has 0 radical (unpaired) electrons. The van der Waals surface area contributed by atoms with Gasteiger partial charge in [-0.3, -0.25) is 4.79 Å². The van der Waals surface area contributed by atoms with Crippen LogP contribution >= 0.6 is 11.3 Å². The van der Waals surface area contributed by atoms with E-state index in [1.54, 1.807) is 6.92 Å². The van der Waals surface area contributed by atoms with Crippen LogP contribution in [0.5, 0.6) is 5.75 Å². The van der Waals surface area contributed by atoms with Gasteiger partial charge < -0.3 is 19.5 Å². The summed E-state index contributed by atoms with van der Waals surface area (Å²) in [5.41, 5.74) is 0.983. The zero-order valence-electron chi connectivity index (χ0n) is 15.0. The second-order valence-corrected chi connectivity index (χ2v) is 6.66. The molecule has 7 nitrogen and oxygen atoms in total. The van der Waals surface area contributed by atoms with E-state index in [4.69, 9.17) is 14.2 Å². The molecule has 2 rings (SSSR count). The number of carbonyl (C=O) groups excluding carboxylic acids is 3. The summed E-state index contributed by atoms with van der Waals surface area (Å²) in [6.45, 7) is 2.53. The number of anilines is 1. The Balaban J connectivity index is 1.86. The fraction of sp³-hybridized carbons (Fsp3) is 0.278. The number of thiophene rings is 1. The number of rotatable bonds is 7. The highest BCUT2D eigenvalue weighted by atomic mass is 32.1. The lowest BCUT2D eigenvalue weighted by Crippen LogP contribution is -2.24. The Labute approximate surface area is 159 Å². The molecule has 0 saturated carbocycles. The summed E-state index contributed by atoms with van der Waals surface area (Å²) in [6, 6.07) is 5.29. The van der Waals surface area contributed by atoms with E-state index in [0.29, 0.717) is 10.6 Å². The van der Waals surface area contributed by atoms with Gasteiger partial charge in [-0.05, 0) is 31.5 Å². The van der Waals surface area contributed by atoms with Crippen LogP contribution in [0.4, 0.5) is 9.39 Å². The summed E-state index contributed by atoms with van der Waals surface area (Å²) >= 11 is 1.22. The number of hydrogen-bond acceptors (Lipinski definition) is 7. The number of ether oxygens (including phenoxy) is 3. The molecule has 1 aromatic heterocycles. The number of hydrogen-bond donors (Lipinski definition) is 1. The molecule has 0 spiro atoms. The normalized spacial score (nSPS) is 10.2. The fourth-order valence-corrected chi connectivity index (χ4v) is 3.18. The van der Waals surface area contributed by atoms with Crippen molar-refractivity contribution < 1.29 is 33.0 Å². The highest BCUT2D eigenvalue weighted by Crippen LogP contribution is 2.32. The minimum Gasteiger partial charge on any atom is -0.482 e. The summed E-state index contributed by atoms with van der Waals surface area (Å²) in [6.07, 6.45) is 0. The largest absolute Gasteiger partial charge is 0.482 e. The Hall–Kier alpha value is -2.94. The molecule has 0 atom stereocenters. The lowest BCUT2D eigenvalue weighted by molar-refractivity contribution is -0.149. The molecule has 27 heavy (non-hydrogen) atoms. The average molecular weight is 395 g/mol. The van der Waals surface area contributed by atoms with Crippen LogP contribution in [0.2, 0.25) is 0 Å². The highest BCUT2D eigenvalue weighted by Gasteiger charge is 2.22. The van der Waals surface area contributed by atoms with E-state index < -0.39 is 36.9 Å². The molecule has 1 N–H and O–H groups in total. The molecule has 0 saturated heterocycles. The van der Waals surface area contributed by atoms with Crippen LogP contribution < -0.4 is 10.1 Å². The summed E-state index contributed by atoms with van der Waals surface area (Å²) in [5, 5.41) is 2.86. The van der Waals surface area contributed by atoms with E-state index >= 15 is 0 Å². The number of esters is 2. The number of halogens is 1. The van der Waals surface area contributed by atoms with Gasteiger partial charge >= 0.3 is 11.9 Å². The molecule has 1 amide bonds. The van der Waals surface area contributed by atoms with Crippen molar-refractivity contribution in [2.45, 2.75) is 13.8 Å². The number of aryl methyl sites for hydroxylation is 1. The Morgan fingerprint density at radius 2 is 1.93 bits per heavy atom. The molecule has 0 unspecified atom stereocenters. The van der Waals surface area contributed by atoms with Crippen molar-refractivity contribution >= 4 is 34.2 Å². The molecule has 0 aliphatic heterocycles. The molecule has 144 valence electrons.